The fourth-order valence-electron chi connectivity index (χ4n) is 4.28. The van der Waals surface area contributed by atoms with Gasteiger partial charge < -0.3 is 15.0 Å². The molecule has 0 radical (unpaired) electrons. The predicted octanol–water partition coefficient (Wildman–Crippen LogP) is 5.38. The van der Waals surface area contributed by atoms with Crippen LogP contribution in [0.5, 0.6) is 0 Å². The zero-order valence-corrected chi connectivity index (χ0v) is 22.4. The van der Waals surface area contributed by atoms with Crippen molar-refractivity contribution in [3.05, 3.63) is 69.7 Å². The second-order valence-corrected chi connectivity index (χ2v) is 10.4. The minimum Gasteiger partial charge on any atom is -0.372 e. The van der Waals surface area contributed by atoms with Crippen molar-refractivity contribution in [2.24, 2.45) is 5.92 Å². The molecule has 1 aliphatic heterocycles. The number of carbonyl (C=O) groups excluding carboxylic acids is 3. The summed E-state index contributed by atoms with van der Waals surface area (Å²) in [5.74, 6) is -4.04. The van der Waals surface area contributed by atoms with E-state index in [1.807, 2.05) is 30.3 Å². The normalized spacial score (nSPS) is 18.5. The second kappa shape index (κ2) is 13.0. The quantitative estimate of drug-likeness (QED) is 0.414. The minimum absolute atomic E-state index is 0.0300. The average molecular weight is 573 g/mol. The van der Waals surface area contributed by atoms with E-state index in [2.05, 4.69) is 5.32 Å². The van der Waals surface area contributed by atoms with E-state index in [4.69, 9.17) is 27.9 Å². The van der Waals surface area contributed by atoms with Gasteiger partial charge in [0.05, 0.1) is 28.8 Å². The largest absolute Gasteiger partial charge is 0.452 e. The van der Waals surface area contributed by atoms with Gasteiger partial charge in [-0.25, -0.2) is 0 Å². The Morgan fingerprint density at radius 2 is 1.74 bits per heavy atom. The van der Waals surface area contributed by atoms with E-state index in [1.165, 1.54) is 18.7 Å². The van der Waals surface area contributed by atoms with Crippen molar-refractivity contribution >= 4 is 40.8 Å². The third-order valence-corrected chi connectivity index (χ3v) is 7.09. The summed E-state index contributed by atoms with van der Waals surface area (Å²) in [7, 11) is 0. The fraction of sp³-hybridized carbons (Fsp3) is 0.444. The second-order valence-electron chi connectivity index (χ2n) is 9.56. The van der Waals surface area contributed by atoms with Crippen LogP contribution in [-0.2, 0) is 32.1 Å². The van der Waals surface area contributed by atoms with Gasteiger partial charge in [0, 0.05) is 19.4 Å². The maximum Gasteiger partial charge on any atom is 0.452 e. The van der Waals surface area contributed by atoms with Crippen LogP contribution in [-0.4, -0.2) is 53.4 Å². The number of amides is 2. The average Bonchev–Trinajstić information content (AvgIpc) is 3.30. The summed E-state index contributed by atoms with van der Waals surface area (Å²) in [4.78, 5) is 39.6. The number of nitrogens with zero attached hydrogens (tertiary/aromatic N) is 1. The molecule has 3 rings (SSSR count). The number of likely N-dealkylation sites (tertiary alicyclic amines) is 1. The maximum absolute atomic E-state index is 13.2. The van der Waals surface area contributed by atoms with Gasteiger partial charge in [-0.15, -0.1) is 0 Å². The number of hydrogen-bond donors (Lipinski definition) is 1. The van der Waals surface area contributed by atoms with Crippen molar-refractivity contribution < 1.29 is 32.3 Å². The zero-order valence-electron chi connectivity index (χ0n) is 20.9. The van der Waals surface area contributed by atoms with Crippen LogP contribution >= 0.6 is 23.2 Å². The molecule has 11 heteroatoms. The van der Waals surface area contributed by atoms with Crippen LogP contribution < -0.4 is 5.32 Å². The molecular formula is C27H29Cl2F3N2O4. The van der Waals surface area contributed by atoms with Crippen LogP contribution in [0.15, 0.2) is 48.5 Å². The number of Topliss-reactive ketones (excluding diaryl/α,β-unsaturated/α-hetero) is 1. The molecule has 0 unspecified atom stereocenters. The van der Waals surface area contributed by atoms with Crippen LogP contribution in [0.4, 0.5) is 13.2 Å². The number of ether oxygens (including phenoxy) is 1. The lowest BCUT2D eigenvalue weighted by atomic mass is 9.98. The van der Waals surface area contributed by atoms with Gasteiger partial charge in [-0.3, -0.25) is 14.4 Å². The highest BCUT2D eigenvalue weighted by atomic mass is 35.5. The Balaban J connectivity index is 1.74. The molecule has 1 heterocycles. The Morgan fingerprint density at radius 1 is 1.05 bits per heavy atom. The molecule has 0 aromatic heterocycles. The number of aryl methyl sites for hydroxylation is 1. The molecule has 2 aromatic rings. The lowest BCUT2D eigenvalue weighted by molar-refractivity contribution is -0.175. The number of carbonyl (C=O) groups is 3. The third-order valence-electron chi connectivity index (χ3n) is 6.35. The summed E-state index contributed by atoms with van der Waals surface area (Å²) < 4.78 is 45.3. The molecule has 1 aliphatic rings. The molecule has 2 aromatic carbocycles. The highest BCUT2D eigenvalue weighted by Crippen LogP contribution is 2.27. The topological polar surface area (TPSA) is 75.7 Å². The molecule has 206 valence electrons. The predicted molar refractivity (Wildman–Crippen MR) is 138 cm³/mol. The first-order valence-electron chi connectivity index (χ1n) is 12.2. The lowest BCUT2D eigenvalue weighted by Gasteiger charge is -2.28. The summed E-state index contributed by atoms with van der Waals surface area (Å²) in [5, 5.41) is 2.97. The number of hydrogen-bond acceptors (Lipinski definition) is 4. The van der Waals surface area contributed by atoms with Crippen molar-refractivity contribution in [1.82, 2.24) is 10.2 Å². The molecule has 1 fully saturated rings. The van der Waals surface area contributed by atoms with Crippen molar-refractivity contribution in [3.8, 4) is 0 Å². The van der Waals surface area contributed by atoms with Gasteiger partial charge in [0.2, 0.25) is 11.8 Å². The monoisotopic (exact) mass is 572 g/mol. The van der Waals surface area contributed by atoms with Crippen LogP contribution in [0.3, 0.4) is 0 Å². The van der Waals surface area contributed by atoms with E-state index in [-0.39, 0.29) is 31.9 Å². The number of alkyl halides is 3. The molecule has 1 N–H and O–H groups in total. The molecule has 0 spiro atoms. The summed E-state index contributed by atoms with van der Waals surface area (Å²) in [5.41, 5.74) is 1.66. The number of ketones is 1. The molecule has 2 amide bonds. The van der Waals surface area contributed by atoms with Gasteiger partial charge in [-0.05, 0) is 35.6 Å². The Morgan fingerprint density at radius 3 is 2.34 bits per heavy atom. The number of halogens is 5. The van der Waals surface area contributed by atoms with Gasteiger partial charge in [-0.1, -0.05) is 73.4 Å². The summed E-state index contributed by atoms with van der Waals surface area (Å²) in [6.07, 6.45) is -5.19. The van der Waals surface area contributed by atoms with Crippen LogP contribution in [0, 0.1) is 5.92 Å². The Labute approximate surface area is 229 Å². The first-order chi connectivity index (χ1) is 17.9. The van der Waals surface area contributed by atoms with Gasteiger partial charge in [0.15, 0.2) is 0 Å². The molecule has 0 saturated carbocycles. The van der Waals surface area contributed by atoms with Crippen molar-refractivity contribution in [3.63, 3.8) is 0 Å². The fourth-order valence-corrected chi connectivity index (χ4v) is 4.60. The zero-order chi connectivity index (χ0) is 28.0. The van der Waals surface area contributed by atoms with Gasteiger partial charge >= 0.3 is 6.18 Å². The standard InChI is InChI=1S/C27H29Cl2F3N2O4/c1-16(2)24(25(36)27(30,31)32)33-26(37)22-13-19(38-15-18-6-4-3-5-7-18)14-34(22)23(35)11-9-17-8-10-20(28)21(29)12-17/h3-8,10,12,16,19,22,24H,9,11,13-15H2,1-2H3,(H,33,37)/t19-,22+,24+/m1/s1. The summed E-state index contributed by atoms with van der Waals surface area (Å²) in [6, 6.07) is 11.5. The van der Waals surface area contributed by atoms with E-state index in [9.17, 15) is 27.6 Å². The van der Waals surface area contributed by atoms with Crippen molar-refractivity contribution in [2.75, 3.05) is 6.54 Å². The van der Waals surface area contributed by atoms with E-state index in [0.717, 1.165) is 11.1 Å². The Hall–Kier alpha value is -2.62. The van der Waals surface area contributed by atoms with E-state index in [0.29, 0.717) is 16.5 Å². The lowest BCUT2D eigenvalue weighted by Crippen LogP contribution is -2.54. The molecule has 6 nitrogen and oxygen atoms in total. The highest BCUT2D eigenvalue weighted by Gasteiger charge is 2.47. The van der Waals surface area contributed by atoms with E-state index < -0.39 is 42.0 Å². The van der Waals surface area contributed by atoms with Crippen LogP contribution in [0.2, 0.25) is 10.0 Å². The van der Waals surface area contributed by atoms with Crippen molar-refractivity contribution in [2.45, 2.75) is 64.1 Å². The molecule has 38 heavy (non-hydrogen) atoms. The highest BCUT2D eigenvalue weighted by molar-refractivity contribution is 6.42. The molecule has 0 aliphatic carbocycles. The summed E-state index contributed by atoms with van der Waals surface area (Å²) in [6.45, 7) is 3.15. The minimum atomic E-state index is -5.10. The SMILES string of the molecule is CC(C)[C@H](NC(=O)[C@@H]1C[C@@H](OCc2ccccc2)CN1C(=O)CCc1ccc(Cl)c(Cl)c1)C(=O)C(F)(F)F. The van der Waals surface area contributed by atoms with Gasteiger partial charge in [0.25, 0.3) is 5.78 Å². The molecule has 0 bridgehead atoms. The summed E-state index contributed by atoms with van der Waals surface area (Å²) >= 11 is 12.0. The third kappa shape index (κ3) is 7.94. The number of nitrogens with one attached hydrogen (secondary N) is 1. The van der Waals surface area contributed by atoms with Crippen LogP contribution in [0.1, 0.15) is 37.8 Å². The van der Waals surface area contributed by atoms with Crippen molar-refractivity contribution in [1.29, 1.82) is 0 Å². The van der Waals surface area contributed by atoms with E-state index in [1.54, 1.807) is 18.2 Å². The maximum atomic E-state index is 13.2. The first-order valence-corrected chi connectivity index (χ1v) is 12.9. The molecule has 1 saturated heterocycles. The van der Waals surface area contributed by atoms with Gasteiger partial charge in [-0.2, -0.15) is 13.2 Å². The smallest absolute Gasteiger partial charge is 0.372 e. The molecule has 3 atom stereocenters. The molecular weight excluding hydrogens is 544 g/mol. The van der Waals surface area contributed by atoms with E-state index >= 15 is 0 Å². The van der Waals surface area contributed by atoms with Crippen LogP contribution in [0.25, 0.3) is 0 Å². The van der Waals surface area contributed by atoms with Gasteiger partial charge in [0.1, 0.15) is 6.04 Å². The number of rotatable bonds is 10. The Bertz CT molecular complexity index is 1140. The Kier molecular flexibility index (Phi) is 10.2. The first kappa shape index (κ1) is 29.9. The number of benzene rings is 2.